The first-order valence-electron chi connectivity index (χ1n) is 29.2. The van der Waals surface area contributed by atoms with E-state index in [1.54, 1.807) is 11.6 Å². The molecule has 3 N–H and O–H groups in total. The molecule has 2 aromatic rings. The van der Waals surface area contributed by atoms with Gasteiger partial charge >= 0.3 is 11.9 Å². The first kappa shape index (κ1) is 49.4. The lowest BCUT2D eigenvalue weighted by Crippen LogP contribution is -2.83. The maximum Gasteiger partial charge on any atom is 0.331 e. The first-order valence-corrected chi connectivity index (χ1v) is 29.2. The molecule has 10 aliphatic rings. The van der Waals surface area contributed by atoms with Gasteiger partial charge in [-0.25, -0.2) is 4.79 Å². The van der Waals surface area contributed by atoms with Gasteiger partial charge in [-0.05, 0) is 209 Å². The van der Waals surface area contributed by atoms with Crippen LogP contribution < -0.4 is 0 Å². The molecular formula is C65H86O7. The zero-order valence-corrected chi connectivity index (χ0v) is 44.2. The van der Waals surface area contributed by atoms with Crippen LogP contribution in [0.4, 0.5) is 0 Å². The molecule has 7 fully saturated rings. The van der Waals surface area contributed by atoms with Gasteiger partial charge < -0.3 is 24.8 Å². The minimum Gasteiger partial charge on any atom is -0.462 e. The molecule has 0 unspecified atom stereocenters. The molecular weight excluding hydrogens is 893 g/mol. The molecule has 7 nitrogen and oxygen atoms in total. The highest BCUT2D eigenvalue weighted by molar-refractivity contribution is 5.85. The van der Waals surface area contributed by atoms with Crippen molar-refractivity contribution in [2.45, 2.75) is 199 Å². The molecule has 2 aromatic carbocycles. The SMILES string of the molecule is CC(=O)O[C@@H]1C[C@]2(C)C=C[C@@](O)(CC[C@H](C)CCCc3ccccc3)[C@@]3([C@@H](O)CC[C@@](C)([C@@H]4CC[C@@]56C[C@@H](CCc7ccccc7)[C@]78CC[C@@]9(CCC[C@@H]9CC(=C[C@H]4C5)[C@H]67)C8)[C@H]13)[C@@]2(O)CCC1=CC(=O)OC1. The smallest absolute Gasteiger partial charge is 0.331 e. The van der Waals surface area contributed by atoms with Crippen LogP contribution in [0.5, 0.6) is 0 Å². The molecule has 9 aliphatic carbocycles. The van der Waals surface area contributed by atoms with E-state index in [0.717, 1.165) is 62.4 Å². The van der Waals surface area contributed by atoms with Gasteiger partial charge in [-0.15, -0.1) is 0 Å². The lowest BCUT2D eigenvalue weighted by atomic mass is 9.30. The van der Waals surface area contributed by atoms with Crippen LogP contribution in [0.3, 0.4) is 0 Å². The van der Waals surface area contributed by atoms with E-state index >= 15 is 0 Å². The van der Waals surface area contributed by atoms with E-state index in [9.17, 15) is 24.9 Å². The third-order valence-corrected chi connectivity index (χ3v) is 24.0. The Bertz CT molecular complexity index is 2500. The predicted molar refractivity (Wildman–Crippen MR) is 281 cm³/mol. The number of allylic oxidation sites excluding steroid dienone is 2. The lowest BCUT2D eigenvalue weighted by Gasteiger charge is -2.76. The quantitative estimate of drug-likeness (QED) is 0.120. The maximum atomic E-state index is 14.4. The Morgan fingerprint density at radius 1 is 0.833 bits per heavy atom. The van der Waals surface area contributed by atoms with Crippen LogP contribution in [0.25, 0.3) is 0 Å². The number of esters is 2. The number of fused-ring (bicyclic) bond motifs is 2. The number of aliphatic hydroxyl groups excluding tert-OH is 1. The van der Waals surface area contributed by atoms with E-state index in [2.05, 4.69) is 87.5 Å². The Morgan fingerprint density at radius 2 is 1.60 bits per heavy atom. The van der Waals surface area contributed by atoms with Gasteiger partial charge in [0.15, 0.2) is 0 Å². The topological polar surface area (TPSA) is 113 Å². The number of aliphatic hydroxyl groups is 3. The van der Waals surface area contributed by atoms with E-state index in [1.807, 2.05) is 12.2 Å². The molecule has 72 heavy (non-hydrogen) atoms. The number of hydrogen-bond acceptors (Lipinski definition) is 7. The van der Waals surface area contributed by atoms with Crippen molar-refractivity contribution in [3.05, 3.63) is 107 Å². The van der Waals surface area contributed by atoms with Crippen molar-refractivity contribution in [1.29, 1.82) is 0 Å². The Labute approximate surface area is 431 Å². The highest BCUT2D eigenvalue weighted by atomic mass is 16.5. The van der Waals surface area contributed by atoms with Crippen molar-refractivity contribution >= 4 is 11.9 Å². The van der Waals surface area contributed by atoms with Crippen LogP contribution in [-0.2, 0) is 31.9 Å². The van der Waals surface area contributed by atoms with Gasteiger partial charge in [-0.2, -0.15) is 0 Å². The molecule has 1 aliphatic heterocycles. The number of ether oxygens (including phenoxy) is 2. The molecule has 7 heteroatoms. The van der Waals surface area contributed by atoms with Crippen molar-refractivity contribution in [2.24, 2.45) is 73.9 Å². The highest BCUT2D eigenvalue weighted by Gasteiger charge is 2.82. The Balaban J connectivity index is 0.940. The van der Waals surface area contributed by atoms with Crippen molar-refractivity contribution in [3.63, 3.8) is 0 Å². The van der Waals surface area contributed by atoms with Gasteiger partial charge in [-0.1, -0.05) is 118 Å². The number of rotatable bonds is 15. The summed E-state index contributed by atoms with van der Waals surface area (Å²) in [6.07, 6.45) is 30.1. The third kappa shape index (κ3) is 7.31. The van der Waals surface area contributed by atoms with Crippen LogP contribution in [0.15, 0.2) is 96.1 Å². The summed E-state index contributed by atoms with van der Waals surface area (Å²) in [5.41, 5.74) is 0.481. The summed E-state index contributed by atoms with van der Waals surface area (Å²) in [6.45, 7) is 8.52. The summed E-state index contributed by atoms with van der Waals surface area (Å²) in [4.78, 5) is 26.1. The largest absolute Gasteiger partial charge is 0.462 e. The number of aryl methyl sites for hydroxylation is 2. The standard InChI is InChI=1S/C65H86O7/c1-43(13-11-18-45-14-7-5-8-15-45)22-29-63(69)34-31-58(3)40-53(72-44(2)66)57-59(4,27-25-54(67)65(57,63)64(58,70)30-23-47-35-55(68)71-41-47)52-24-28-61-38-49(52)36-48-37-50-19-12-26-60(50)32-33-62(42-60,56(48)61)51(39-61)21-20-46-16-9-6-10-17-46/h5-10,14-17,31,34-36,43,49-54,56-57,67,69-70H,11-13,18-30,32-33,37-42H2,1-4H3/t43-,49+,50-,51-,52-,53-,54+,56-,57+,58+,59+,60+,61+,62-,63+,64-,65+/m1/s1. The first-order chi connectivity index (χ1) is 34.5. The zero-order chi connectivity index (χ0) is 49.9. The molecule has 0 amide bonds. The summed E-state index contributed by atoms with van der Waals surface area (Å²) >= 11 is 0. The van der Waals surface area contributed by atoms with Gasteiger partial charge in [0.05, 0.1) is 22.7 Å². The van der Waals surface area contributed by atoms with Gasteiger partial charge in [0.2, 0.25) is 0 Å². The summed E-state index contributed by atoms with van der Waals surface area (Å²) in [6, 6.07) is 21.9. The number of carbonyl (C=O) groups excluding carboxylic acids is 2. The molecule has 0 radical (unpaired) electrons. The third-order valence-electron chi connectivity index (χ3n) is 24.0. The molecule has 17 atom stereocenters. The van der Waals surface area contributed by atoms with Gasteiger partial charge in [0, 0.05) is 24.3 Å². The van der Waals surface area contributed by atoms with Crippen molar-refractivity contribution in [1.82, 2.24) is 0 Å². The highest BCUT2D eigenvalue weighted by Crippen LogP contribution is 2.82. The van der Waals surface area contributed by atoms with E-state index in [1.165, 1.54) is 88.7 Å². The van der Waals surface area contributed by atoms with Gasteiger partial charge in [0.25, 0.3) is 0 Å². The summed E-state index contributed by atoms with van der Waals surface area (Å²) in [5.74, 6) is 1.79. The van der Waals surface area contributed by atoms with E-state index < -0.39 is 45.6 Å². The van der Waals surface area contributed by atoms with E-state index in [-0.39, 0.29) is 36.3 Å². The number of cyclic esters (lactones) is 1. The second-order valence-corrected chi connectivity index (χ2v) is 27.3. The fourth-order valence-corrected chi connectivity index (χ4v) is 21.3. The summed E-state index contributed by atoms with van der Waals surface area (Å²) in [7, 11) is 0. The molecule has 388 valence electrons. The van der Waals surface area contributed by atoms with E-state index in [0.29, 0.717) is 54.3 Å². The van der Waals surface area contributed by atoms with Gasteiger partial charge in [0.1, 0.15) is 12.7 Å². The van der Waals surface area contributed by atoms with Crippen LogP contribution in [-0.4, -0.2) is 57.3 Å². The average molecular weight is 979 g/mol. The van der Waals surface area contributed by atoms with E-state index in [4.69, 9.17) is 9.47 Å². The Morgan fingerprint density at radius 3 is 2.33 bits per heavy atom. The molecule has 0 aromatic heterocycles. The predicted octanol–water partition coefficient (Wildman–Crippen LogP) is 12.8. The molecule has 1 heterocycles. The fraction of sp³-hybridized carbons (Fsp3) is 0.692. The zero-order valence-electron chi connectivity index (χ0n) is 44.2. The Hall–Kier alpha value is -3.52. The number of benzene rings is 2. The van der Waals surface area contributed by atoms with Crippen molar-refractivity contribution in [2.75, 3.05) is 6.61 Å². The van der Waals surface area contributed by atoms with Crippen molar-refractivity contribution < 1.29 is 34.4 Å². The lowest BCUT2D eigenvalue weighted by molar-refractivity contribution is -0.363. The monoisotopic (exact) mass is 979 g/mol. The average Bonchev–Trinajstić information content (AvgIpc) is 4.11. The number of carbonyl (C=O) groups is 2. The van der Waals surface area contributed by atoms with Crippen LogP contribution in [0.1, 0.15) is 174 Å². The molecule has 6 bridgehead atoms. The van der Waals surface area contributed by atoms with Crippen molar-refractivity contribution in [3.8, 4) is 0 Å². The minimum absolute atomic E-state index is 0.191. The minimum atomic E-state index is -1.61. The number of hydrogen-bond donors (Lipinski definition) is 3. The van der Waals surface area contributed by atoms with Crippen LogP contribution in [0, 0.1) is 73.9 Å². The molecule has 0 saturated heterocycles. The summed E-state index contributed by atoms with van der Waals surface area (Å²) in [5, 5.41) is 42.0. The Kier molecular flexibility index (Phi) is 12.2. The fourth-order valence-electron chi connectivity index (χ4n) is 21.3. The molecule has 12 rings (SSSR count). The van der Waals surface area contributed by atoms with Crippen LogP contribution >= 0.6 is 0 Å². The van der Waals surface area contributed by atoms with Gasteiger partial charge in [-0.3, -0.25) is 4.79 Å². The normalized spacial score (nSPS) is 45.5. The second-order valence-electron chi connectivity index (χ2n) is 27.3. The molecule has 7 saturated carbocycles. The second kappa shape index (κ2) is 17.8. The van der Waals surface area contributed by atoms with Crippen LogP contribution in [0.2, 0.25) is 0 Å². The summed E-state index contributed by atoms with van der Waals surface area (Å²) < 4.78 is 12.1. The maximum absolute atomic E-state index is 14.4. The molecule has 4 spiro atoms.